The second kappa shape index (κ2) is 4.62. The van der Waals surface area contributed by atoms with Crippen molar-refractivity contribution in [3.63, 3.8) is 0 Å². The Morgan fingerprint density at radius 2 is 2.15 bits per heavy atom. The molecule has 1 aromatic rings. The van der Waals surface area contributed by atoms with Gasteiger partial charge in [-0.1, -0.05) is 19.9 Å². The van der Waals surface area contributed by atoms with Crippen molar-refractivity contribution < 1.29 is 9.84 Å². The van der Waals surface area contributed by atoms with Gasteiger partial charge in [0.1, 0.15) is 5.75 Å². The van der Waals surface area contributed by atoms with Gasteiger partial charge in [-0.15, -0.1) is 12.4 Å². The third-order valence-electron chi connectivity index (χ3n) is 5.80. The number of fused-ring (bicyclic) bond motifs is 4. The van der Waals surface area contributed by atoms with Gasteiger partial charge in [0, 0.05) is 12.6 Å². The molecule has 110 valence electrons. The second-order valence-electron chi connectivity index (χ2n) is 6.55. The van der Waals surface area contributed by atoms with E-state index in [0.29, 0.717) is 17.7 Å². The van der Waals surface area contributed by atoms with E-state index in [0.717, 1.165) is 19.7 Å². The molecule has 0 spiro atoms. The lowest BCUT2D eigenvalue weighted by Crippen LogP contribution is -2.62. The zero-order valence-corrected chi connectivity index (χ0v) is 12.8. The van der Waals surface area contributed by atoms with Crippen LogP contribution in [0.1, 0.15) is 37.5 Å². The van der Waals surface area contributed by atoms with Gasteiger partial charge < -0.3 is 9.84 Å². The van der Waals surface area contributed by atoms with E-state index in [9.17, 15) is 5.11 Å². The predicted molar refractivity (Wildman–Crippen MR) is 80.5 cm³/mol. The summed E-state index contributed by atoms with van der Waals surface area (Å²) in [5.41, 5.74) is 2.78. The first-order valence-corrected chi connectivity index (χ1v) is 7.30. The number of benzene rings is 1. The molecule has 3 aliphatic rings. The summed E-state index contributed by atoms with van der Waals surface area (Å²) < 4.78 is 6.09. The molecule has 0 amide bonds. The van der Waals surface area contributed by atoms with Gasteiger partial charge in [0.25, 0.3) is 0 Å². The summed E-state index contributed by atoms with van der Waals surface area (Å²) in [4.78, 5) is 2.61. The van der Waals surface area contributed by atoms with Gasteiger partial charge in [0.15, 0.2) is 0 Å². The van der Waals surface area contributed by atoms with E-state index in [4.69, 9.17) is 4.74 Å². The average Bonchev–Trinajstić information content (AvgIpc) is 2.42. The molecule has 20 heavy (non-hydrogen) atoms. The number of morpholine rings is 1. The third kappa shape index (κ3) is 1.66. The van der Waals surface area contributed by atoms with Crippen LogP contribution in [0.2, 0.25) is 0 Å². The van der Waals surface area contributed by atoms with Gasteiger partial charge in [-0.05, 0) is 47.6 Å². The number of phenols is 1. The summed E-state index contributed by atoms with van der Waals surface area (Å²) in [5.74, 6) is 0.949. The highest BCUT2D eigenvalue weighted by Gasteiger charge is 2.54. The highest BCUT2D eigenvalue weighted by atomic mass is 35.5. The van der Waals surface area contributed by atoms with Crippen molar-refractivity contribution >= 4 is 12.4 Å². The third-order valence-corrected chi connectivity index (χ3v) is 5.80. The molecule has 1 aromatic carbocycles. The smallest absolute Gasteiger partial charge is 0.115 e. The van der Waals surface area contributed by atoms with Gasteiger partial charge in [0.05, 0.1) is 12.7 Å². The van der Waals surface area contributed by atoms with Crippen molar-refractivity contribution in [1.29, 1.82) is 0 Å². The number of aromatic hydroxyl groups is 1. The summed E-state index contributed by atoms with van der Waals surface area (Å²) in [6.45, 7) is 7.75. The standard InChI is InChI=1S/C16H21NO2.ClH/c1-10-14-15-12-4-3-11(18)9-13(12)16(10,2)5-6-17(14)7-8-19-15;/h3-4,9-10,14-15,18H,5-8H2,1-2H3;1H/t10-,14-,15-,16-;/m0./s1. The van der Waals surface area contributed by atoms with E-state index >= 15 is 0 Å². The molecule has 4 atom stereocenters. The van der Waals surface area contributed by atoms with Crippen molar-refractivity contribution in [2.75, 3.05) is 19.7 Å². The van der Waals surface area contributed by atoms with E-state index in [2.05, 4.69) is 24.8 Å². The van der Waals surface area contributed by atoms with Gasteiger partial charge in [0.2, 0.25) is 0 Å². The van der Waals surface area contributed by atoms with Crippen LogP contribution in [0.25, 0.3) is 0 Å². The molecular formula is C16H22ClNO2. The molecule has 2 heterocycles. The summed E-state index contributed by atoms with van der Waals surface area (Å²) in [6, 6.07) is 6.34. The molecule has 1 aliphatic carbocycles. The Morgan fingerprint density at radius 1 is 1.35 bits per heavy atom. The zero-order valence-electron chi connectivity index (χ0n) is 12.0. The molecule has 2 fully saturated rings. The van der Waals surface area contributed by atoms with E-state index in [-0.39, 0.29) is 23.9 Å². The van der Waals surface area contributed by atoms with E-state index < -0.39 is 0 Å². The lowest BCUT2D eigenvalue weighted by Gasteiger charge is -2.59. The van der Waals surface area contributed by atoms with Crippen LogP contribution in [0.4, 0.5) is 0 Å². The molecule has 1 N–H and O–H groups in total. The van der Waals surface area contributed by atoms with E-state index in [1.165, 1.54) is 17.5 Å². The number of halogens is 1. The molecule has 0 saturated carbocycles. The number of phenolic OH excluding ortho intramolecular Hbond substituents is 1. The topological polar surface area (TPSA) is 32.7 Å². The highest BCUT2D eigenvalue weighted by Crippen LogP contribution is 2.54. The normalized spacial score (nSPS) is 38.8. The minimum atomic E-state index is 0. The fourth-order valence-electron chi connectivity index (χ4n) is 4.50. The fraction of sp³-hybridized carbons (Fsp3) is 0.625. The maximum atomic E-state index is 9.86. The predicted octanol–water partition coefficient (Wildman–Crippen LogP) is 2.87. The number of hydrogen-bond acceptors (Lipinski definition) is 3. The lowest BCUT2D eigenvalue weighted by atomic mass is 9.58. The van der Waals surface area contributed by atoms with Gasteiger partial charge >= 0.3 is 0 Å². The van der Waals surface area contributed by atoms with Crippen molar-refractivity contribution in [3.8, 4) is 5.75 Å². The molecule has 2 saturated heterocycles. The molecule has 3 nitrogen and oxygen atoms in total. The molecule has 4 rings (SSSR count). The van der Waals surface area contributed by atoms with E-state index in [1.54, 1.807) is 6.07 Å². The molecule has 0 radical (unpaired) electrons. The summed E-state index contributed by atoms with van der Waals surface area (Å²) >= 11 is 0. The Hall–Kier alpha value is -0.770. The summed E-state index contributed by atoms with van der Waals surface area (Å²) in [5, 5.41) is 9.86. The highest BCUT2D eigenvalue weighted by molar-refractivity contribution is 5.85. The number of hydrogen-bond donors (Lipinski definition) is 1. The molecule has 0 aromatic heterocycles. The van der Waals surface area contributed by atoms with Crippen LogP contribution < -0.4 is 0 Å². The number of rotatable bonds is 0. The van der Waals surface area contributed by atoms with Crippen LogP contribution >= 0.6 is 12.4 Å². The van der Waals surface area contributed by atoms with Gasteiger partial charge in [-0.25, -0.2) is 0 Å². The van der Waals surface area contributed by atoms with E-state index in [1.807, 2.05) is 6.07 Å². The SMILES string of the molecule is C[C@H]1[C@H]2[C@H]3OCCN2CC[C@]1(C)c1cc(O)ccc13.Cl. The Kier molecular flexibility index (Phi) is 3.27. The fourth-order valence-corrected chi connectivity index (χ4v) is 4.50. The quantitative estimate of drug-likeness (QED) is 0.799. The maximum absolute atomic E-state index is 9.86. The molecule has 2 bridgehead atoms. The Morgan fingerprint density at radius 3 is 2.95 bits per heavy atom. The van der Waals surface area contributed by atoms with Crippen LogP contribution in [0.15, 0.2) is 18.2 Å². The minimum absolute atomic E-state index is 0. The Labute approximate surface area is 126 Å². The van der Waals surface area contributed by atoms with Gasteiger partial charge in [-0.2, -0.15) is 0 Å². The average molecular weight is 296 g/mol. The van der Waals surface area contributed by atoms with Crippen LogP contribution in [0.3, 0.4) is 0 Å². The van der Waals surface area contributed by atoms with Crippen LogP contribution in [-0.2, 0) is 10.2 Å². The molecular weight excluding hydrogens is 274 g/mol. The lowest BCUT2D eigenvalue weighted by molar-refractivity contribution is -0.131. The number of piperidine rings is 1. The Balaban J connectivity index is 0.00000121. The van der Waals surface area contributed by atoms with Crippen molar-refractivity contribution in [1.82, 2.24) is 4.90 Å². The molecule has 4 heteroatoms. The van der Waals surface area contributed by atoms with Crippen molar-refractivity contribution in [2.24, 2.45) is 5.92 Å². The van der Waals surface area contributed by atoms with Crippen LogP contribution in [-0.4, -0.2) is 35.7 Å². The van der Waals surface area contributed by atoms with Crippen molar-refractivity contribution in [3.05, 3.63) is 29.3 Å². The monoisotopic (exact) mass is 295 g/mol. The zero-order chi connectivity index (χ0) is 13.2. The summed E-state index contributed by atoms with van der Waals surface area (Å²) in [7, 11) is 0. The van der Waals surface area contributed by atoms with Crippen LogP contribution in [0.5, 0.6) is 5.75 Å². The van der Waals surface area contributed by atoms with Crippen LogP contribution in [0, 0.1) is 5.92 Å². The summed E-state index contributed by atoms with van der Waals surface area (Å²) in [6.07, 6.45) is 1.36. The Bertz CT molecular complexity index is 535. The largest absolute Gasteiger partial charge is 0.508 e. The van der Waals surface area contributed by atoms with Gasteiger partial charge in [-0.3, -0.25) is 4.90 Å². The maximum Gasteiger partial charge on any atom is 0.115 e. The van der Waals surface area contributed by atoms with Crippen molar-refractivity contribution in [2.45, 2.75) is 37.8 Å². The number of nitrogens with zero attached hydrogens (tertiary/aromatic N) is 1. The first-order valence-electron chi connectivity index (χ1n) is 7.30. The molecule has 0 unspecified atom stereocenters. The number of ether oxygens (including phenoxy) is 1. The first kappa shape index (κ1) is 14.2. The molecule has 2 aliphatic heterocycles. The second-order valence-corrected chi connectivity index (χ2v) is 6.55. The first-order chi connectivity index (χ1) is 9.11. The minimum Gasteiger partial charge on any atom is -0.508 e.